The van der Waals surface area contributed by atoms with Crippen molar-refractivity contribution in [2.75, 3.05) is 28.4 Å². The highest BCUT2D eigenvalue weighted by Crippen LogP contribution is 2.43. The third-order valence-corrected chi connectivity index (χ3v) is 4.32. The van der Waals surface area contributed by atoms with Crippen LogP contribution >= 0.6 is 15.9 Å². The molecule has 21 heavy (non-hydrogen) atoms. The van der Waals surface area contributed by atoms with Crippen LogP contribution in [0.1, 0.15) is 32.4 Å². The van der Waals surface area contributed by atoms with Crippen molar-refractivity contribution in [2.24, 2.45) is 5.41 Å². The Balaban J connectivity index is 3.38. The molecule has 1 aromatic carbocycles. The van der Waals surface area contributed by atoms with Gasteiger partial charge in [0.15, 0.2) is 0 Å². The van der Waals surface area contributed by atoms with Crippen molar-refractivity contribution in [3.8, 4) is 11.5 Å². The molecule has 1 rings (SSSR count). The molecule has 1 N–H and O–H groups in total. The van der Waals surface area contributed by atoms with Crippen LogP contribution in [-0.2, 0) is 4.74 Å². The summed E-state index contributed by atoms with van der Waals surface area (Å²) in [6.07, 6.45) is -0.00306. The van der Waals surface area contributed by atoms with Gasteiger partial charge in [0.1, 0.15) is 16.0 Å². The molecule has 0 aliphatic carbocycles. The van der Waals surface area contributed by atoms with Crippen LogP contribution in [0.25, 0.3) is 0 Å². The molecule has 0 heterocycles. The van der Waals surface area contributed by atoms with E-state index < -0.39 is 0 Å². The van der Waals surface area contributed by atoms with Crippen molar-refractivity contribution in [3.05, 3.63) is 22.2 Å². The summed E-state index contributed by atoms with van der Waals surface area (Å²) in [5, 5.41) is 3.35. The van der Waals surface area contributed by atoms with Crippen molar-refractivity contribution in [1.82, 2.24) is 5.32 Å². The van der Waals surface area contributed by atoms with E-state index in [-0.39, 0.29) is 17.6 Å². The molecule has 5 heteroatoms. The topological polar surface area (TPSA) is 39.7 Å². The zero-order chi connectivity index (χ0) is 16.2. The van der Waals surface area contributed by atoms with Crippen LogP contribution < -0.4 is 14.8 Å². The average molecular weight is 360 g/mol. The summed E-state index contributed by atoms with van der Waals surface area (Å²) in [6.45, 7) is 6.49. The van der Waals surface area contributed by atoms with Crippen LogP contribution in [0.4, 0.5) is 0 Å². The minimum atomic E-state index is -0.0140. The molecule has 0 fully saturated rings. The molecule has 0 bridgehead atoms. The van der Waals surface area contributed by atoms with Gasteiger partial charge in [-0.05, 0) is 40.5 Å². The number of rotatable bonds is 6. The maximum absolute atomic E-state index is 5.75. The second-order valence-electron chi connectivity index (χ2n) is 5.99. The first kappa shape index (κ1) is 18.3. The number of halogens is 1. The molecule has 0 radical (unpaired) electrons. The predicted molar refractivity (Wildman–Crippen MR) is 89.3 cm³/mol. The van der Waals surface area contributed by atoms with Gasteiger partial charge in [-0.1, -0.05) is 20.8 Å². The highest BCUT2D eigenvalue weighted by atomic mass is 79.9. The Morgan fingerprint density at radius 3 is 2.10 bits per heavy atom. The molecule has 1 aromatic rings. The van der Waals surface area contributed by atoms with Crippen LogP contribution in [0.3, 0.4) is 0 Å². The summed E-state index contributed by atoms with van der Waals surface area (Å²) < 4.78 is 17.5. The predicted octanol–water partition coefficient (Wildman–Crippen LogP) is 3.79. The van der Waals surface area contributed by atoms with E-state index in [9.17, 15) is 0 Å². The summed E-state index contributed by atoms with van der Waals surface area (Å²) in [5.74, 6) is 1.51. The van der Waals surface area contributed by atoms with Gasteiger partial charge in [0.05, 0.1) is 26.4 Å². The first-order valence-electron chi connectivity index (χ1n) is 6.92. The molecular formula is C16H26BrNO3. The fourth-order valence-corrected chi connectivity index (χ4v) is 3.31. The summed E-state index contributed by atoms with van der Waals surface area (Å²) in [6, 6.07) is 3.95. The SMILES string of the molecule is CNC(c1ccc(OC)c(Br)c1OC)C(OC)C(C)(C)C. The molecule has 0 aliphatic heterocycles. The largest absolute Gasteiger partial charge is 0.495 e. The number of ether oxygens (including phenoxy) is 3. The molecule has 4 nitrogen and oxygen atoms in total. The maximum atomic E-state index is 5.75. The first-order valence-corrected chi connectivity index (χ1v) is 7.71. The Morgan fingerprint density at radius 2 is 1.71 bits per heavy atom. The number of benzene rings is 1. The van der Waals surface area contributed by atoms with Crippen LogP contribution in [0, 0.1) is 5.41 Å². The van der Waals surface area contributed by atoms with Gasteiger partial charge in [0.2, 0.25) is 0 Å². The monoisotopic (exact) mass is 359 g/mol. The van der Waals surface area contributed by atoms with E-state index in [1.165, 1.54) is 0 Å². The Bertz CT molecular complexity index is 471. The molecule has 0 aliphatic rings. The Hall–Kier alpha value is -0.780. The van der Waals surface area contributed by atoms with E-state index in [4.69, 9.17) is 14.2 Å². The lowest BCUT2D eigenvalue weighted by atomic mass is 9.81. The maximum Gasteiger partial charge on any atom is 0.141 e. The van der Waals surface area contributed by atoms with Crippen molar-refractivity contribution < 1.29 is 14.2 Å². The van der Waals surface area contributed by atoms with Crippen LogP contribution in [0.15, 0.2) is 16.6 Å². The molecule has 120 valence electrons. The van der Waals surface area contributed by atoms with Crippen LogP contribution in [0.2, 0.25) is 0 Å². The lowest BCUT2D eigenvalue weighted by Gasteiger charge is -2.36. The van der Waals surface area contributed by atoms with Gasteiger partial charge in [-0.2, -0.15) is 0 Å². The molecule has 0 spiro atoms. The molecule has 0 saturated heterocycles. The quantitative estimate of drug-likeness (QED) is 0.838. The number of likely N-dealkylation sites (N-methyl/N-ethyl adjacent to an activating group) is 1. The van der Waals surface area contributed by atoms with Gasteiger partial charge in [-0.25, -0.2) is 0 Å². The fraction of sp³-hybridized carbons (Fsp3) is 0.625. The standard InChI is InChI=1S/C16H26BrNO3/c1-16(2,3)15(21-7)13(18-4)10-8-9-11(19-5)12(17)14(10)20-6/h8-9,13,15,18H,1-7H3. The van der Waals surface area contributed by atoms with E-state index >= 15 is 0 Å². The minimum Gasteiger partial charge on any atom is -0.495 e. The molecular weight excluding hydrogens is 334 g/mol. The highest BCUT2D eigenvalue weighted by molar-refractivity contribution is 9.10. The number of methoxy groups -OCH3 is 3. The Morgan fingerprint density at radius 1 is 1.10 bits per heavy atom. The van der Waals surface area contributed by atoms with Gasteiger partial charge in [0.25, 0.3) is 0 Å². The lowest BCUT2D eigenvalue weighted by Crippen LogP contribution is -2.40. The van der Waals surface area contributed by atoms with E-state index in [0.717, 1.165) is 21.5 Å². The average Bonchev–Trinajstić information content (AvgIpc) is 2.42. The summed E-state index contributed by atoms with van der Waals surface area (Å²) >= 11 is 3.55. The van der Waals surface area contributed by atoms with Gasteiger partial charge in [0, 0.05) is 12.7 Å². The van der Waals surface area contributed by atoms with E-state index in [1.54, 1.807) is 21.3 Å². The highest BCUT2D eigenvalue weighted by Gasteiger charge is 2.34. The normalized spacial score (nSPS) is 14.7. The van der Waals surface area contributed by atoms with Gasteiger partial charge in [-0.3, -0.25) is 0 Å². The van der Waals surface area contributed by atoms with Crippen LogP contribution in [0.5, 0.6) is 11.5 Å². The third-order valence-electron chi connectivity index (χ3n) is 3.57. The summed E-state index contributed by atoms with van der Waals surface area (Å²) in [4.78, 5) is 0. The molecule has 0 saturated carbocycles. The van der Waals surface area contributed by atoms with Crippen molar-refractivity contribution >= 4 is 15.9 Å². The molecule has 0 aromatic heterocycles. The second kappa shape index (κ2) is 7.47. The van der Waals surface area contributed by atoms with E-state index in [2.05, 4.69) is 42.0 Å². The zero-order valence-corrected chi connectivity index (χ0v) is 15.5. The summed E-state index contributed by atoms with van der Waals surface area (Å²) in [5.41, 5.74) is 1.02. The molecule has 0 amide bonds. The Kier molecular flexibility index (Phi) is 6.50. The molecule has 2 unspecified atom stereocenters. The van der Waals surface area contributed by atoms with Gasteiger partial charge >= 0.3 is 0 Å². The smallest absolute Gasteiger partial charge is 0.141 e. The zero-order valence-electron chi connectivity index (χ0n) is 13.9. The van der Waals surface area contributed by atoms with Gasteiger partial charge < -0.3 is 19.5 Å². The van der Waals surface area contributed by atoms with Gasteiger partial charge in [-0.15, -0.1) is 0 Å². The van der Waals surface area contributed by atoms with Crippen molar-refractivity contribution in [3.63, 3.8) is 0 Å². The lowest BCUT2D eigenvalue weighted by molar-refractivity contribution is -0.0107. The minimum absolute atomic E-state index is 0.00306. The van der Waals surface area contributed by atoms with E-state index in [0.29, 0.717) is 0 Å². The number of nitrogens with one attached hydrogen (secondary N) is 1. The Labute approximate surface area is 136 Å². The third kappa shape index (κ3) is 3.90. The number of hydrogen-bond donors (Lipinski definition) is 1. The van der Waals surface area contributed by atoms with E-state index in [1.807, 2.05) is 19.2 Å². The summed E-state index contributed by atoms with van der Waals surface area (Å²) in [7, 11) is 6.97. The number of hydrogen-bond acceptors (Lipinski definition) is 4. The van der Waals surface area contributed by atoms with Crippen molar-refractivity contribution in [1.29, 1.82) is 0 Å². The van der Waals surface area contributed by atoms with Crippen molar-refractivity contribution in [2.45, 2.75) is 32.9 Å². The fourth-order valence-electron chi connectivity index (χ4n) is 2.62. The van der Waals surface area contributed by atoms with Crippen LogP contribution in [-0.4, -0.2) is 34.5 Å². The first-order chi connectivity index (χ1) is 9.81. The second-order valence-corrected chi connectivity index (χ2v) is 6.79. The molecule has 2 atom stereocenters.